The molecule has 25 heavy (non-hydrogen) atoms. The van der Waals surface area contributed by atoms with Gasteiger partial charge in [0.05, 0.1) is 17.7 Å². The molecule has 0 aliphatic carbocycles. The summed E-state index contributed by atoms with van der Waals surface area (Å²) in [5.74, 6) is -0.311. The van der Waals surface area contributed by atoms with Crippen LogP contribution in [0.15, 0.2) is 42.4 Å². The largest absolute Gasteiger partial charge is 0.346 e. The van der Waals surface area contributed by atoms with Crippen LogP contribution in [0.25, 0.3) is 6.08 Å². The number of rotatable bonds is 2. The molecular formula is C19H20N4O2. The fourth-order valence-corrected chi connectivity index (χ4v) is 3.39. The molecule has 0 bridgehead atoms. The van der Waals surface area contributed by atoms with E-state index in [1.54, 1.807) is 17.3 Å². The van der Waals surface area contributed by atoms with Crippen molar-refractivity contribution in [1.82, 2.24) is 20.2 Å². The van der Waals surface area contributed by atoms with E-state index in [4.69, 9.17) is 0 Å². The number of aromatic nitrogens is 2. The Morgan fingerprint density at radius 3 is 2.52 bits per heavy atom. The van der Waals surface area contributed by atoms with Gasteiger partial charge in [-0.3, -0.25) is 9.59 Å². The lowest BCUT2D eigenvalue weighted by molar-refractivity contribution is -0.131. The monoisotopic (exact) mass is 336 g/mol. The summed E-state index contributed by atoms with van der Waals surface area (Å²) >= 11 is 0. The lowest BCUT2D eigenvalue weighted by Crippen LogP contribution is -2.40. The first-order valence-corrected chi connectivity index (χ1v) is 8.32. The molecule has 2 amide bonds. The zero-order valence-corrected chi connectivity index (χ0v) is 14.4. The number of piperazine rings is 1. The lowest BCUT2D eigenvalue weighted by atomic mass is 9.89. The van der Waals surface area contributed by atoms with E-state index in [2.05, 4.69) is 36.1 Å². The first kappa shape index (κ1) is 15.6. The van der Waals surface area contributed by atoms with Crippen LogP contribution in [0.2, 0.25) is 0 Å². The van der Waals surface area contributed by atoms with Gasteiger partial charge in [-0.25, -0.2) is 4.98 Å². The standard InChI is InChI=1S/C19H20N4O2/c1-19(2,3)16-13(20-10-21-16)14-15-17(24)22-12(18(25)23(14)15)9-11-7-5-4-6-8-11/h4-10,14-15H,1-3H3,(H,20,21)(H,22,24)/b12-9-. The molecule has 2 fully saturated rings. The van der Waals surface area contributed by atoms with Crippen molar-refractivity contribution < 1.29 is 9.59 Å². The number of amides is 2. The molecule has 2 saturated heterocycles. The smallest absolute Gasteiger partial charge is 0.271 e. The van der Waals surface area contributed by atoms with Crippen molar-refractivity contribution in [2.24, 2.45) is 0 Å². The topological polar surface area (TPSA) is 77.9 Å². The third kappa shape index (κ3) is 2.54. The number of hydrogen-bond donors (Lipinski definition) is 2. The Morgan fingerprint density at radius 1 is 1.12 bits per heavy atom. The average Bonchev–Trinajstić information content (AvgIpc) is 3.11. The first-order valence-electron chi connectivity index (χ1n) is 8.32. The second-order valence-electron chi connectivity index (χ2n) is 7.47. The molecule has 3 heterocycles. The van der Waals surface area contributed by atoms with Crippen molar-refractivity contribution in [1.29, 1.82) is 0 Å². The second kappa shape index (κ2) is 5.31. The molecule has 2 aromatic rings. The average molecular weight is 336 g/mol. The van der Waals surface area contributed by atoms with Crippen LogP contribution < -0.4 is 5.32 Å². The maximum Gasteiger partial charge on any atom is 0.271 e. The zero-order valence-electron chi connectivity index (χ0n) is 14.4. The molecule has 0 spiro atoms. The van der Waals surface area contributed by atoms with Gasteiger partial charge in [-0.15, -0.1) is 0 Å². The first-order chi connectivity index (χ1) is 11.9. The van der Waals surface area contributed by atoms with Gasteiger partial charge in [0, 0.05) is 5.41 Å². The Morgan fingerprint density at radius 2 is 1.84 bits per heavy atom. The number of H-pyrrole nitrogens is 1. The van der Waals surface area contributed by atoms with E-state index in [1.807, 2.05) is 30.3 Å². The van der Waals surface area contributed by atoms with Crippen molar-refractivity contribution in [3.63, 3.8) is 0 Å². The molecule has 0 saturated carbocycles. The van der Waals surface area contributed by atoms with Crippen LogP contribution in [0, 0.1) is 0 Å². The third-order valence-corrected chi connectivity index (χ3v) is 4.59. The van der Waals surface area contributed by atoms with Crippen molar-refractivity contribution >= 4 is 17.9 Å². The van der Waals surface area contributed by atoms with Crippen molar-refractivity contribution in [3.05, 3.63) is 59.3 Å². The molecule has 6 nitrogen and oxygen atoms in total. The molecule has 1 aromatic heterocycles. The molecular weight excluding hydrogens is 316 g/mol. The van der Waals surface area contributed by atoms with Crippen LogP contribution in [0.5, 0.6) is 0 Å². The molecule has 128 valence electrons. The Hall–Kier alpha value is -2.89. The van der Waals surface area contributed by atoms with E-state index in [0.29, 0.717) is 5.70 Å². The minimum absolute atomic E-state index is 0.152. The van der Waals surface area contributed by atoms with Gasteiger partial charge in [0.15, 0.2) is 0 Å². The van der Waals surface area contributed by atoms with Crippen molar-refractivity contribution in [2.45, 2.75) is 38.3 Å². The number of imidazole rings is 1. The Balaban J connectivity index is 1.66. The molecule has 1 aromatic carbocycles. The van der Waals surface area contributed by atoms with E-state index in [1.165, 1.54) is 0 Å². The molecule has 2 N–H and O–H groups in total. The number of hydrogen-bond acceptors (Lipinski definition) is 3. The fourth-order valence-electron chi connectivity index (χ4n) is 3.39. The molecule has 2 unspecified atom stereocenters. The van der Waals surface area contributed by atoms with Gasteiger partial charge in [0.25, 0.3) is 5.91 Å². The highest BCUT2D eigenvalue weighted by atomic mass is 16.2. The van der Waals surface area contributed by atoms with E-state index in [9.17, 15) is 9.59 Å². The van der Waals surface area contributed by atoms with E-state index in [0.717, 1.165) is 17.0 Å². The highest BCUT2D eigenvalue weighted by Crippen LogP contribution is 2.47. The summed E-state index contributed by atoms with van der Waals surface area (Å²) in [6.07, 6.45) is 3.34. The van der Waals surface area contributed by atoms with Crippen LogP contribution >= 0.6 is 0 Å². The van der Waals surface area contributed by atoms with E-state index >= 15 is 0 Å². The fraction of sp³-hybridized carbons (Fsp3) is 0.316. The SMILES string of the molecule is CC(C)(C)c1nc[nH]c1C1C2C(=O)N/C(=C\c3ccccc3)C(=O)N21. The lowest BCUT2D eigenvalue weighted by Gasteiger charge is -2.17. The molecule has 2 aliphatic heterocycles. The van der Waals surface area contributed by atoms with Crippen molar-refractivity contribution in [3.8, 4) is 0 Å². The number of nitrogens with one attached hydrogen (secondary N) is 2. The number of fused-ring (bicyclic) bond motifs is 1. The summed E-state index contributed by atoms with van der Waals surface area (Å²) in [6.45, 7) is 6.20. The zero-order chi connectivity index (χ0) is 17.8. The van der Waals surface area contributed by atoms with Gasteiger partial charge < -0.3 is 15.2 Å². The number of carbonyl (C=O) groups is 2. The molecule has 4 rings (SSSR count). The maximum atomic E-state index is 12.8. The highest BCUT2D eigenvalue weighted by molar-refractivity contribution is 6.11. The van der Waals surface area contributed by atoms with E-state index in [-0.39, 0.29) is 23.3 Å². The molecule has 2 aliphatic rings. The van der Waals surface area contributed by atoms with Crippen LogP contribution in [-0.2, 0) is 15.0 Å². The van der Waals surface area contributed by atoms with Gasteiger partial charge in [-0.2, -0.15) is 0 Å². The van der Waals surface area contributed by atoms with Crippen LogP contribution in [0.1, 0.15) is 43.8 Å². The summed E-state index contributed by atoms with van der Waals surface area (Å²) in [7, 11) is 0. The summed E-state index contributed by atoms with van der Waals surface area (Å²) in [4.78, 5) is 34.4. The Labute approximate surface area is 145 Å². The van der Waals surface area contributed by atoms with Crippen LogP contribution in [0.4, 0.5) is 0 Å². The molecule has 0 radical (unpaired) electrons. The summed E-state index contributed by atoms with van der Waals surface area (Å²) in [5, 5.41) is 2.75. The van der Waals surface area contributed by atoms with Gasteiger partial charge in [0.2, 0.25) is 5.91 Å². The predicted octanol–water partition coefficient (Wildman–Crippen LogP) is 2.13. The second-order valence-corrected chi connectivity index (χ2v) is 7.47. The number of aromatic amines is 1. The van der Waals surface area contributed by atoms with Gasteiger partial charge in [-0.1, -0.05) is 51.1 Å². The number of nitrogens with zero attached hydrogens (tertiary/aromatic N) is 2. The van der Waals surface area contributed by atoms with Gasteiger partial charge in [0.1, 0.15) is 17.8 Å². The maximum absolute atomic E-state index is 12.8. The predicted molar refractivity (Wildman–Crippen MR) is 93.2 cm³/mol. The number of carbonyl (C=O) groups excluding carboxylic acids is 2. The van der Waals surface area contributed by atoms with Crippen molar-refractivity contribution in [2.75, 3.05) is 0 Å². The van der Waals surface area contributed by atoms with Gasteiger partial charge >= 0.3 is 0 Å². The minimum Gasteiger partial charge on any atom is -0.346 e. The van der Waals surface area contributed by atoms with Crippen LogP contribution in [-0.4, -0.2) is 32.7 Å². The molecule has 2 atom stereocenters. The van der Waals surface area contributed by atoms with E-state index < -0.39 is 6.04 Å². The Bertz CT molecular complexity index is 876. The minimum atomic E-state index is -0.457. The summed E-state index contributed by atoms with van der Waals surface area (Å²) in [5.41, 5.74) is 2.76. The van der Waals surface area contributed by atoms with Gasteiger partial charge in [-0.05, 0) is 11.6 Å². The molecule has 6 heteroatoms. The third-order valence-electron chi connectivity index (χ3n) is 4.59. The quantitative estimate of drug-likeness (QED) is 0.651. The summed E-state index contributed by atoms with van der Waals surface area (Å²) in [6, 6.07) is 8.75. The normalized spacial score (nSPS) is 24.3. The van der Waals surface area contributed by atoms with Crippen LogP contribution in [0.3, 0.4) is 0 Å². The summed E-state index contributed by atoms with van der Waals surface area (Å²) < 4.78 is 0. The Kier molecular flexibility index (Phi) is 3.32. The highest BCUT2D eigenvalue weighted by Gasteiger charge is 2.61. The number of benzene rings is 1.